The average molecular weight is 280 g/mol. The molecule has 0 unspecified atom stereocenters. The number of nitrogens with zero attached hydrogens (tertiary/aromatic N) is 1. The minimum absolute atomic E-state index is 0.796. The van der Waals surface area contributed by atoms with E-state index in [0.29, 0.717) is 0 Å². The summed E-state index contributed by atoms with van der Waals surface area (Å²) >= 11 is 0. The summed E-state index contributed by atoms with van der Waals surface area (Å²) in [5.41, 5.74) is 3.83. The molecule has 2 heteroatoms. The van der Waals surface area contributed by atoms with Gasteiger partial charge in [0.05, 0.1) is 0 Å². The van der Waals surface area contributed by atoms with Crippen LogP contribution in [0.3, 0.4) is 0 Å². The van der Waals surface area contributed by atoms with Crippen LogP contribution in [0.4, 0.5) is 5.69 Å². The Labute approximate surface area is 127 Å². The SMILES string of the molecule is CN1CCC(CNc2ccccc2-c2ccccc2)CC1. The minimum atomic E-state index is 0.796. The Hall–Kier alpha value is -1.80. The van der Waals surface area contributed by atoms with Gasteiger partial charge in [-0.3, -0.25) is 0 Å². The lowest BCUT2D eigenvalue weighted by Crippen LogP contribution is -2.33. The quantitative estimate of drug-likeness (QED) is 0.906. The third kappa shape index (κ3) is 3.64. The van der Waals surface area contributed by atoms with Crippen molar-refractivity contribution in [2.75, 3.05) is 32.0 Å². The fourth-order valence-electron chi connectivity index (χ4n) is 3.03. The van der Waals surface area contributed by atoms with Crippen LogP contribution in [0.1, 0.15) is 12.8 Å². The summed E-state index contributed by atoms with van der Waals surface area (Å²) in [6.45, 7) is 3.54. The average Bonchev–Trinajstić information content (AvgIpc) is 2.55. The molecule has 1 saturated heterocycles. The van der Waals surface area contributed by atoms with Crippen LogP contribution in [0, 0.1) is 5.92 Å². The molecule has 0 aromatic heterocycles. The fraction of sp³-hybridized carbons (Fsp3) is 0.368. The Balaban J connectivity index is 1.69. The molecule has 1 aliphatic heterocycles. The molecule has 1 fully saturated rings. The fourth-order valence-corrected chi connectivity index (χ4v) is 3.03. The van der Waals surface area contributed by atoms with E-state index in [1.807, 2.05) is 0 Å². The number of benzene rings is 2. The van der Waals surface area contributed by atoms with Gasteiger partial charge in [-0.15, -0.1) is 0 Å². The highest BCUT2D eigenvalue weighted by atomic mass is 15.1. The Kier molecular flexibility index (Phi) is 4.56. The van der Waals surface area contributed by atoms with E-state index in [2.05, 4.69) is 71.9 Å². The maximum Gasteiger partial charge on any atom is 0.0419 e. The highest BCUT2D eigenvalue weighted by molar-refractivity contribution is 5.77. The predicted octanol–water partition coefficient (Wildman–Crippen LogP) is 4.11. The lowest BCUT2D eigenvalue weighted by atomic mass is 9.96. The van der Waals surface area contributed by atoms with E-state index in [1.165, 1.54) is 42.7 Å². The van der Waals surface area contributed by atoms with Gasteiger partial charge in [-0.1, -0.05) is 48.5 Å². The molecule has 3 rings (SSSR count). The summed E-state index contributed by atoms with van der Waals surface area (Å²) in [4.78, 5) is 2.43. The third-order valence-corrected chi connectivity index (χ3v) is 4.43. The van der Waals surface area contributed by atoms with Crippen LogP contribution >= 0.6 is 0 Å². The lowest BCUT2D eigenvalue weighted by Gasteiger charge is -2.29. The maximum absolute atomic E-state index is 3.68. The van der Waals surface area contributed by atoms with Gasteiger partial charge in [0.25, 0.3) is 0 Å². The van der Waals surface area contributed by atoms with Crippen molar-refractivity contribution in [3.05, 3.63) is 54.6 Å². The summed E-state index contributed by atoms with van der Waals surface area (Å²) in [7, 11) is 2.22. The van der Waals surface area contributed by atoms with Crippen LogP contribution in [0.2, 0.25) is 0 Å². The van der Waals surface area contributed by atoms with Crippen molar-refractivity contribution < 1.29 is 0 Å². The van der Waals surface area contributed by atoms with Gasteiger partial charge >= 0.3 is 0 Å². The summed E-state index contributed by atoms with van der Waals surface area (Å²) in [6.07, 6.45) is 2.61. The topological polar surface area (TPSA) is 15.3 Å². The van der Waals surface area contributed by atoms with Crippen LogP contribution in [-0.2, 0) is 0 Å². The number of anilines is 1. The predicted molar refractivity (Wildman–Crippen MR) is 90.6 cm³/mol. The van der Waals surface area contributed by atoms with E-state index in [9.17, 15) is 0 Å². The Morgan fingerprint density at radius 1 is 0.952 bits per heavy atom. The van der Waals surface area contributed by atoms with E-state index < -0.39 is 0 Å². The van der Waals surface area contributed by atoms with E-state index in [-0.39, 0.29) is 0 Å². The minimum Gasteiger partial charge on any atom is -0.384 e. The standard InChI is InChI=1S/C19H24N2/c1-21-13-11-16(12-14-21)15-20-19-10-6-5-9-18(19)17-7-3-2-4-8-17/h2-10,16,20H,11-15H2,1H3. The molecule has 0 saturated carbocycles. The first-order valence-electron chi connectivity index (χ1n) is 7.90. The van der Waals surface area contributed by atoms with Crippen molar-refractivity contribution >= 4 is 5.69 Å². The molecule has 110 valence electrons. The molecule has 0 bridgehead atoms. The van der Waals surface area contributed by atoms with Gasteiger partial charge in [-0.05, 0) is 50.5 Å². The molecule has 21 heavy (non-hydrogen) atoms. The van der Waals surface area contributed by atoms with Gasteiger partial charge in [0, 0.05) is 17.8 Å². The second-order valence-corrected chi connectivity index (χ2v) is 6.04. The Bertz CT molecular complexity index is 557. The molecule has 2 nitrogen and oxygen atoms in total. The van der Waals surface area contributed by atoms with Crippen LogP contribution in [0.25, 0.3) is 11.1 Å². The van der Waals surface area contributed by atoms with E-state index in [1.54, 1.807) is 0 Å². The molecule has 1 aliphatic rings. The van der Waals surface area contributed by atoms with Crippen molar-refractivity contribution in [1.29, 1.82) is 0 Å². The maximum atomic E-state index is 3.68. The van der Waals surface area contributed by atoms with Crippen LogP contribution < -0.4 is 5.32 Å². The lowest BCUT2D eigenvalue weighted by molar-refractivity contribution is 0.226. The number of piperidine rings is 1. The molecule has 0 spiro atoms. The smallest absolute Gasteiger partial charge is 0.0419 e. The van der Waals surface area contributed by atoms with Crippen molar-refractivity contribution in [3.8, 4) is 11.1 Å². The van der Waals surface area contributed by atoms with E-state index >= 15 is 0 Å². The van der Waals surface area contributed by atoms with Gasteiger partial charge in [-0.25, -0.2) is 0 Å². The molecular formula is C19H24N2. The first-order valence-corrected chi connectivity index (χ1v) is 7.90. The van der Waals surface area contributed by atoms with E-state index in [0.717, 1.165) is 12.5 Å². The summed E-state index contributed by atoms with van der Waals surface area (Å²) in [5, 5.41) is 3.68. The zero-order chi connectivity index (χ0) is 14.5. The van der Waals surface area contributed by atoms with Crippen molar-refractivity contribution in [1.82, 2.24) is 4.90 Å². The number of rotatable bonds is 4. The second kappa shape index (κ2) is 6.77. The van der Waals surface area contributed by atoms with Crippen LogP contribution in [-0.4, -0.2) is 31.6 Å². The number of nitrogens with one attached hydrogen (secondary N) is 1. The van der Waals surface area contributed by atoms with E-state index in [4.69, 9.17) is 0 Å². The summed E-state index contributed by atoms with van der Waals surface area (Å²) in [5.74, 6) is 0.796. The molecule has 2 aromatic carbocycles. The van der Waals surface area contributed by atoms with Crippen LogP contribution in [0.15, 0.2) is 54.6 Å². The number of likely N-dealkylation sites (tertiary alicyclic amines) is 1. The zero-order valence-electron chi connectivity index (χ0n) is 12.8. The molecule has 0 atom stereocenters. The first-order chi connectivity index (χ1) is 10.3. The molecule has 1 N–H and O–H groups in total. The monoisotopic (exact) mass is 280 g/mol. The highest BCUT2D eigenvalue weighted by Gasteiger charge is 2.16. The van der Waals surface area contributed by atoms with Gasteiger partial charge in [0.15, 0.2) is 0 Å². The van der Waals surface area contributed by atoms with Gasteiger partial charge in [0.1, 0.15) is 0 Å². The van der Waals surface area contributed by atoms with Crippen molar-refractivity contribution in [2.24, 2.45) is 5.92 Å². The van der Waals surface area contributed by atoms with Gasteiger partial charge in [-0.2, -0.15) is 0 Å². The van der Waals surface area contributed by atoms with Gasteiger partial charge < -0.3 is 10.2 Å². The first kappa shape index (κ1) is 14.2. The number of hydrogen-bond donors (Lipinski definition) is 1. The molecule has 1 heterocycles. The molecule has 2 aromatic rings. The molecular weight excluding hydrogens is 256 g/mol. The number of hydrogen-bond acceptors (Lipinski definition) is 2. The molecule has 0 radical (unpaired) electrons. The summed E-state index contributed by atoms with van der Waals surface area (Å²) < 4.78 is 0. The largest absolute Gasteiger partial charge is 0.384 e. The van der Waals surface area contributed by atoms with Crippen molar-refractivity contribution in [2.45, 2.75) is 12.8 Å². The Morgan fingerprint density at radius 3 is 2.38 bits per heavy atom. The normalized spacial score (nSPS) is 16.8. The van der Waals surface area contributed by atoms with Gasteiger partial charge in [0.2, 0.25) is 0 Å². The van der Waals surface area contributed by atoms with Crippen molar-refractivity contribution in [3.63, 3.8) is 0 Å². The second-order valence-electron chi connectivity index (χ2n) is 6.04. The molecule has 0 aliphatic carbocycles. The Morgan fingerprint density at radius 2 is 1.62 bits per heavy atom. The highest BCUT2D eigenvalue weighted by Crippen LogP contribution is 2.28. The third-order valence-electron chi connectivity index (χ3n) is 4.43. The summed E-state index contributed by atoms with van der Waals surface area (Å²) in [6, 6.07) is 19.2. The zero-order valence-corrected chi connectivity index (χ0v) is 12.8. The number of para-hydroxylation sites is 1. The molecule has 0 amide bonds. The van der Waals surface area contributed by atoms with Crippen LogP contribution in [0.5, 0.6) is 0 Å².